The van der Waals surface area contributed by atoms with Crippen LogP contribution in [0.15, 0.2) is 42.7 Å². The van der Waals surface area contributed by atoms with E-state index in [1.54, 1.807) is 24.5 Å². The molecule has 0 fully saturated rings. The lowest BCUT2D eigenvalue weighted by molar-refractivity contribution is -0.147. The van der Waals surface area contributed by atoms with Crippen LogP contribution >= 0.6 is 0 Å². The first-order valence-corrected chi connectivity index (χ1v) is 5.20. The number of hydrogen-bond donors (Lipinski definition) is 2. The highest BCUT2D eigenvalue weighted by Gasteiger charge is 2.20. The van der Waals surface area contributed by atoms with E-state index in [-0.39, 0.29) is 5.56 Å². The van der Waals surface area contributed by atoms with E-state index in [0.717, 1.165) is 11.6 Å². The fourth-order valence-corrected chi connectivity index (χ4v) is 1.61. The average Bonchev–Trinajstić information content (AvgIpc) is 2.39. The molecular formula is C13H10FNO3. The van der Waals surface area contributed by atoms with Crippen LogP contribution in [0, 0.1) is 5.82 Å². The number of nitrogens with zero attached hydrogens (tertiary/aromatic N) is 1. The number of carboxylic acids is 1. The van der Waals surface area contributed by atoms with Crippen molar-refractivity contribution in [2.45, 2.75) is 6.10 Å². The summed E-state index contributed by atoms with van der Waals surface area (Å²) in [7, 11) is 0. The van der Waals surface area contributed by atoms with Gasteiger partial charge in [0, 0.05) is 18.0 Å². The van der Waals surface area contributed by atoms with Gasteiger partial charge in [-0.15, -0.1) is 0 Å². The number of halogens is 1. The number of hydrogen-bond acceptors (Lipinski definition) is 3. The molecule has 0 radical (unpaired) electrons. The summed E-state index contributed by atoms with van der Waals surface area (Å²) in [5.41, 5.74) is 1.13. The maximum atomic E-state index is 13.5. The van der Waals surface area contributed by atoms with E-state index < -0.39 is 17.9 Å². The number of pyridine rings is 1. The molecule has 0 saturated heterocycles. The van der Waals surface area contributed by atoms with Crippen LogP contribution in [0.25, 0.3) is 11.1 Å². The minimum atomic E-state index is -1.87. The van der Waals surface area contributed by atoms with Gasteiger partial charge in [-0.3, -0.25) is 4.98 Å². The van der Waals surface area contributed by atoms with Crippen molar-refractivity contribution in [1.82, 2.24) is 4.98 Å². The summed E-state index contributed by atoms with van der Waals surface area (Å²) in [5.74, 6) is -2.23. The molecule has 5 heteroatoms. The molecule has 2 rings (SSSR count). The lowest BCUT2D eigenvalue weighted by Gasteiger charge is -2.09. The number of rotatable bonds is 3. The molecule has 2 N–H and O–H groups in total. The van der Waals surface area contributed by atoms with Crippen LogP contribution in [0.2, 0.25) is 0 Å². The molecule has 0 saturated carbocycles. The molecule has 92 valence electrons. The lowest BCUT2D eigenvalue weighted by atomic mass is 10.0. The van der Waals surface area contributed by atoms with Crippen LogP contribution in [0.1, 0.15) is 11.7 Å². The van der Waals surface area contributed by atoms with Crippen molar-refractivity contribution < 1.29 is 19.4 Å². The maximum Gasteiger partial charge on any atom is 0.337 e. The minimum Gasteiger partial charge on any atom is -0.479 e. The lowest BCUT2D eigenvalue weighted by Crippen LogP contribution is -2.12. The monoisotopic (exact) mass is 247 g/mol. The second-order valence-electron chi connectivity index (χ2n) is 3.71. The summed E-state index contributed by atoms with van der Waals surface area (Å²) >= 11 is 0. The molecule has 0 bridgehead atoms. The molecule has 1 aromatic carbocycles. The third kappa shape index (κ3) is 2.36. The minimum absolute atomic E-state index is 0.253. The Kier molecular flexibility index (Phi) is 3.34. The molecule has 0 aliphatic carbocycles. The van der Waals surface area contributed by atoms with Gasteiger partial charge in [0.1, 0.15) is 5.82 Å². The molecule has 0 aliphatic heterocycles. The van der Waals surface area contributed by atoms with Crippen LogP contribution < -0.4 is 0 Å². The van der Waals surface area contributed by atoms with Gasteiger partial charge in [0.15, 0.2) is 6.10 Å². The number of aliphatic hydroxyl groups excluding tert-OH is 1. The summed E-state index contributed by atoms with van der Waals surface area (Å²) < 4.78 is 13.5. The molecule has 1 heterocycles. The summed E-state index contributed by atoms with van der Waals surface area (Å²) in [6, 6.07) is 7.40. The van der Waals surface area contributed by atoms with Gasteiger partial charge < -0.3 is 10.2 Å². The molecule has 0 spiro atoms. The van der Waals surface area contributed by atoms with E-state index in [9.17, 15) is 14.3 Å². The van der Waals surface area contributed by atoms with Crippen LogP contribution in [0.4, 0.5) is 4.39 Å². The predicted molar refractivity (Wildman–Crippen MR) is 62.2 cm³/mol. The second-order valence-corrected chi connectivity index (χ2v) is 3.71. The Bertz CT molecular complexity index is 572. The van der Waals surface area contributed by atoms with Crippen molar-refractivity contribution in [3.63, 3.8) is 0 Å². The van der Waals surface area contributed by atoms with E-state index in [4.69, 9.17) is 5.11 Å². The largest absolute Gasteiger partial charge is 0.479 e. The predicted octanol–water partition coefficient (Wildman–Crippen LogP) is 2.01. The molecule has 0 amide bonds. The first-order chi connectivity index (χ1) is 8.59. The normalized spacial score (nSPS) is 12.1. The second kappa shape index (κ2) is 4.93. The smallest absolute Gasteiger partial charge is 0.337 e. The van der Waals surface area contributed by atoms with Gasteiger partial charge in [-0.25, -0.2) is 9.18 Å². The Balaban J connectivity index is 2.47. The Labute approximate surface area is 102 Å². The first kappa shape index (κ1) is 12.2. The Morgan fingerprint density at radius 1 is 1.17 bits per heavy atom. The van der Waals surface area contributed by atoms with Gasteiger partial charge in [0.25, 0.3) is 0 Å². The molecule has 0 aliphatic rings. The Morgan fingerprint density at radius 2 is 1.83 bits per heavy atom. The van der Waals surface area contributed by atoms with Gasteiger partial charge in [-0.2, -0.15) is 0 Å². The van der Waals surface area contributed by atoms with Crippen molar-refractivity contribution in [1.29, 1.82) is 0 Å². The summed E-state index contributed by atoms with van der Waals surface area (Å²) in [5, 5.41) is 18.1. The van der Waals surface area contributed by atoms with Gasteiger partial charge in [-0.05, 0) is 35.4 Å². The zero-order chi connectivity index (χ0) is 13.1. The number of aromatic nitrogens is 1. The quantitative estimate of drug-likeness (QED) is 0.870. The Hall–Kier alpha value is -2.27. The summed E-state index contributed by atoms with van der Waals surface area (Å²) in [6.45, 7) is 0. The number of aliphatic carboxylic acids is 1. The molecule has 1 atom stereocenters. The van der Waals surface area contributed by atoms with Crippen LogP contribution in [-0.4, -0.2) is 21.2 Å². The molecule has 4 nitrogen and oxygen atoms in total. The first-order valence-electron chi connectivity index (χ1n) is 5.20. The van der Waals surface area contributed by atoms with Crippen molar-refractivity contribution >= 4 is 5.97 Å². The van der Waals surface area contributed by atoms with E-state index in [1.165, 1.54) is 12.1 Å². The average molecular weight is 247 g/mol. The zero-order valence-corrected chi connectivity index (χ0v) is 9.25. The number of aliphatic hydroxyl groups is 1. The van der Waals surface area contributed by atoms with Crippen molar-refractivity contribution in [3.05, 3.63) is 54.1 Å². The van der Waals surface area contributed by atoms with Gasteiger partial charge >= 0.3 is 5.97 Å². The number of benzene rings is 1. The van der Waals surface area contributed by atoms with Crippen LogP contribution in [0.3, 0.4) is 0 Å². The third-order valence-corrected chi connectivity index (χ3v) is 2.54. The maximum absolute atomic E-state index is 13.5. The summed E-state index contributed by atoms with van der Waals surface area (Å²) in [4.78, 5) is 14.5. The van der Waals surface area contributed by atoms with Crippen LogP contribution in [0.5, 0.6) is 0 Å². The zero-order valence-electron chi connectivity index (χ0n) is 9.25. The van der Waals surface area contributed by atoms with E-state index >= 15 is 0 Å². The van der Waals surface area contributed by atoms with Crippen molar-refractivity contribution in [2.24, 2.45) is 0 Å². The fraction of sp³-hybridized carbons (Fsp3) is 0.0769. The standard InChI is InChI=1S/C13H10FNO3/c14-11-2-1-9(8-3-5-15-6-4-8)7-10(11)12(16)13(17)18/h1-7,12,16H,(H,17,18). The highest BCUT2D eigenvalue weighted by atomic mass is 19.1. The Morgan fingerprint density at radius 3 is 2.44 bits per heavy atom. The highest BCUT2D eigenvalue weighted by molar-refractivity contribution is 5.75. The molecule has 18 heavy (non-hydrogen) atoms. The van der Waals surface area contributed by atoms with E-state index in [1.807, 2.05) is 0 Å². The van der Waals surface area contributed by atoms with E-state index in [2.05, 4.69) is 4.98 Å². The molecule has 1 aromatic heterocycles. The van der Waals surface area contributed by atoms with Crippen molar-refractivity contribution in [3.8, 4) is 11.1 Å². The SMILES string of the molecule is O=C(O)C(O)c1cc(-c2ccncc2)ccc1F. The fourth-order valence-electron chi connectivity index (χ4n) is 1.61. The third-order valence-electron chi connectivity index (χ3n) is 2.54. The van der Waals surface area contributed by atoms with Gasteiger partial charge in [0.2, 0.25) is 0 Å². The van der Waals surface area contributed by atoms with Crippen molar-refractivity contribution in [2.75, 3.05) is 0 Å². The van der Waals surface area contributed by atoms with Gasteiger partial charge in [-0.1, -0.05) is 6.07 Å². The summed E-state index contributed by atoms with van der Waals surface area (Å²) in [6.07, 6.45) is 1.28. The molecule has 2 aromatic rings. The number of carbonyl (C=O) groups is 1. The molecular weight excluding hydrogens is 237 g/mol. The highest BCUT2D eigenvalue weighted by Crippen LogP contribution is 2.25. The van der Waals surface area contributed by atoms with E-state index in [0.29, 0.717) is 5.56 Å². The van der Waals surface area contributed by atoms with Gasteiger partial charge in [0.05, 0.1) is 0 Å². The molecule has 1 unspecified atom stereocenters. The number of carboxylic acid groups (broad SMARTS) is 1. The topological polar surface area (TPSA) is 70.4 Å². The van der Waals surface area contributed by atoms with Crippen LogP contribution in [-0.2, 0) is 4.79 Å².